The van der Waals surface area contributed by atoms with Crippen LogP contribution in [0, 0.1) is 17.1 Å². The lowest BCUT2D eigenvalue weighted by atomic mass is 10.1. The third-order valence-corrected chi connectivity index (χ3v) is 2.92. The third-order valence-electron chi connectivity index (χ3n) is 2.43. The van der Waals surface area contributed by atoms with Crippen molar-refractivity contribution in [3.63, 3.8) is 0 Å². The van der Waals surface area contributed by atoms with E-state index in [1.165, 1.54) is 6.07 Å². The van der Waals surface area contributed by atoms with Crippen LogP contribution in [0.25, 0.3) is 0 Å². The van der Waals surface area contributed by atoms with Crippen LogP contribution in [0.5, 0.6) is 0 Å². The second kappa shape index (κ2) is 5.07. The molecule has 3 N–H and O–H groups in total. The Balaban J connectivity index is 2.38. The van der Waals surface area contributed by atoms with Crippen molar-refractivity contribution in [2.24, 2.45) is 0 Å². The minimum atomic E-state index is -0.397. The van der Waals surface area contributed by atoms with Gasteiger partial charge in [0.25, 0.3) is 0 Å². The second-order valence-corrected chi connectivity index (χ2v) is 4.54. The highest BCUT2D eigenvalue weighted by molar-refractivity contribution is 9.10. The quantitative estimate of drug-likeness (QED) is 0.830. The Bertz CT molecular complexity index is 635. The number of hydrogen-bond acceptors (Lipinski definition) is 3. The van der Waals surface area contributed by atoms with Crippen LogP contribution in [0.15, 0.2) is 40.9 Å². The molecule has 0 heterocycles. The molecule has 0 fully saturated rings. The van der Waals surface area contributed by atoms with E-state index in [2.05, 4.69) is 21.2 Å². The molecule has 0 amide bonds. The summed E-state index contributed by atoms with van der Waals surface area (Å²) in [6, 6.07) is 11.6. The second-order valence-electron chi connectivity index (χ2n) is 3.63. The minimum absolute atomic E-state index is 0.306. The van der Waals surface area contributed by atoms with Crippen LogP contribution in [0.3, 0.4) is 0 Å². The van der Waals surface area contributed by atoms with Crippen molar-refractivity contribution in [3.8, 4) is 6.07 Å². The van der Waals surface area contributed by atoms with Gasteiger partial charge in [0.2, 0.25) is 0 Å². The summed E-state index contributed by atoms with van der Waals surface area (Å²) in [6.07, 6.45) is 0. The van der Waals surface area contributed by atoms with Gasteiger partial charge >= 0.3 is 0 Å². The first-order valence-electron chi connectivity index (χ1n) is 5.12. The molecule has 0 aliphatic rings. The monoisotopic (exact) mass is 305 g/mol. The first-order chi connectivity index (χ1) is 8.61. The van der Waals surface area contributed by atoms with Crippen molar-refractivity contribution in [2.45, 2.75) is 0 Å². The molecule has 0 radical (unpaired) electrons. The first-order valence-corrected chi connectivity index (χ1v) is 5.92. The number of para-hydroxylation sites is 1. The standard InChI is InChI=1S/C13H9BrFN3/c14-9-4-5-11(10(15)6-9)18-12-3-1-2-8(7-16)13(12)17/h1-6,18H,17H2. The van der Waals surface area contributed by atoms with Crippen molar-refractivity contribution in [3.05, 3.63) is 52.3 Å². The first kappa shape index (κ1) is 12.4. The van der Waals surface area contributed by atoms with Crippen molar-refractivity contribution < 1.29 is 4.39 Å². The van der Waals surface area contributed by atoms with E-state index in [-0.39, 0.29) is 0 Å². The van der Waals surface area contributed by atoms with Crippen LogP contribution in [0.4, 0.5) is 21.5 Å². The van der Waals surface area contributed by atoms with E-state index in [0.29, 0.717) is 27.1 Å². The third kappa shape index (κ3) is 2.44. The summed E-state index contributed by atoms with van der Waals surface area (Å²) in [5.41, 5.74) is 7.29. The average molecular weight is 306 g/mol. The van der Waals surface area contributed by atoms with Gasteiger partial charge in [-0.1, -0.05) is 22.0 Å². The summed E-state index contributed by atoms with van der Waals surface area (Å²) in [6.45, 7) is 0. The number of nitrogens with one attached hydrogen (secondary N) is 1. The van der Waals surface area contributed by atoms with Gasteiger partial charge in [0, 0.05) is 4.47 Å². The summed E-state index contributed by atoms with van der Waals surface area (Å²) in [5, 5.41) is 11.7. The number of benzene rings is 2. The van der Waals surface area contributed by atoms with E-state index in [4.69, 9.17) is 11.0 Å². The summed E-state index contributed by atoms with van der Waals surface area (Å²) in [4.78, 5) is 0. The molecule has 0 bridgehead atoms. The van der Waals surface area contributed by atoms with Crippen LogP contribution < -0.4 is 11.1 Å². The molecular weight excluding hydrogens is 297 g/mol. The number of hydrogen-bond donors (Lipinski definition) is 2. The molecular formula is C13H9BrFN3. The normalized spacial score (nSPS) is 9.83. The predicted molar refractivity (Wildman–Crippen MR) is 73.0 cm³/mol. The molecule has 0 atom stereocenters. The summed E-state index contributed by atoms with van der Waals surface area (Å²) in [7, 11) is 0. The highest BCUT2D eigenvalue weighted by atomic mass is 79.9. The van der Waals surface area contributed by atoms with Crippen molar-refractivity contribution in [2.75, 3.05) is 11.1 Å². The van der Waals surface area contributed by atoms with Gasteiger partial charge in [0.1, 0.15) is 11.9 Å². The van der Waals surface area contributed by atoms with E-state index in [1.54, 1.807) is 30.3 Å². The Morgan fingerprint density at radius 2 is 2.00 bits per heavy atom. The highest BCUT2D eigenvalue weighted by Gasteiger charge is 2.07. The van der Waals surface area contributed by atoms with Crippen LogP contribution in [-0.2, 0) is 0 Å². The molecule has 5 heteroatoms. The molecule has 0 aliphatic heterocycles. The number of nitrogens with two attached hydrogens (primary N) is 1. The van der Waals surface area contributed by atoms with Gasteiger partial charge in [-0.15, -0.1) is 0 Å². The largest absolute Gasteiger partial charge is 0.396 e. The van der Waals surface area contributed by atoms with Gasteiger partial charge in [-0.3, -0.25) is 0 Å². The molecule has 0 saturated heterocycles. The molecule has 0 unspecified atom stereocenters. The maximum absolute atomic E-state index is 13.7. The van der Waals surface area contributed by atoms with Gasteiger partial charge in [-0.2, -0.15) is 5.26 Å². The summed E-state index contributed by atoms with van der Waals surface area (Å²) < 4.78 is 14.3. The maximum atomic E-state index is 13.7. The smallest absolute Gasteiger partial charge is 0.147 e. The predicted octanol–water partition coefficient (Wildman–Crippen LogP) is 3.79. The number of nitriles is 1. The fourth-order valence-corrected chi connectivity index (χ4v) is 1.84. The maximum Gasteiger partial charge on any atom is 0.147 e. The topological polar surface area (TPSA) is 61.8 Å². The number of nitrogen functional groups attached to an aromatic ring is 1. The van der Waals surface area contributed by atoms with E-state index in [1.807, 2.05) is 6.07 Å². The number of anilines is 3. The van der Waals surface area contributed by atoms with Gasteiger partial charge in [-0.25, -0.2) is 4.39 Å². The molecule has 90 valence electrons. The lowest BCUT2D eigenvalue weighted by Crippen LogP contribution is -2.00. The SMILES string of the molecule is N#Cc1cccc(Nc2ccc(Br)cc2F)c1N. The molecule has 2 aromatic carbocycles. The number of rotatable bonds is 2. The number of nitrogens with zero attached hydrogens (tertiary/aromatic N) is 1. The Hall–Kier alpha value is -2.06. The zero-order valence-corrected chi connectivity index (χ0v) is 10.8. The minimum Gasteiger partial charge on any atom is -0.396 e. The molecule has 2 aromatic rings. The molecule has 0 aliphatic carbocycles. The lowest BCUT2D eigenvalue weighted by Gasteiger charge is -2.11. The van der Waals surface area contributed by atoms with Crippen LogP contribution in [0.1, 0.15) is 5.56 Å². The molecule has 3 nitrogen and oxygen atoms in total. The Morgan fingerprint density at radius 1 is 1.22 bits per heavy atom. The molecule has 2 rings (SSSR count). The zero-order valence-electron chi connectivity index (χ0n) is 9.24. The Labute approximate surface area is 112 Å². The molecule has 0 spiro atoms. The highest BCUT2D eigenvalue weighted by Crippen LogP contribution is 2.28. The molecule has 0 aromatic heterocycles. The fraction of sp³-hybridized carbons (Fsp3) is 0. The van der Waals surface area contributed by atoms with Crippen molar-refractivity contribution in [1.29, 1.82) is 5.26 Å². The number of halogens is 2. The summed E-state index contributed by atoms with van der Waals surface area (Å²) in [5.74, 6) is -0.397. The van der Waals surface area contributed by atoms with E-state index < -0.39 is 5.82 Å². The molecule has 0 saturated carbocycles. The van der Waals surface area contributed by atoms with Gasteiger partial charge in [-0.05, 0) is 30.3 Å². The Kier molecular flexibility index (Phi) is 3.49. The Morgan fingerprint density at radius 3 is 2.67 bits per heavy atom. The van der Waals surface area contributed by atoms with E-state index in [9.17, 15) is 4.39 Å². The van der Waals surface area contributed by atoms with E-state index in [0.717, 1.165) is 0 Å². The average Bonchev–Trinajstić information content (AvgIpc) is 2.35. The zero-order chi connectivity index (χ0) is 13.1. The lowest BCUT2D eigenvalue weighted by molar-refractivity contribution is 0.631. The molecule has 18 heavy (non-hydrogen) atoms. The van der Waals surface area contributed by atoms with Crippen LogP contribution >= 0.6 is 15.9 Å². The summed E-state index contributed by atoms with van der Waals surface area (Å²) >= 11 is 3.18. The van der Waals surface area contributed by atoms with E-state index >= 15 is 0 Å². The fourth-order valence-electron chi connectivity index (χ4n) is 1.51. The van der Waals surface area contributed by atoms with Gasteiger partial charge in [0.15, 0.2) is 0 Å². The van der Waals surface area contributed by atoms with Crippen molar-refractivity contribution >= 4 is 33.0 Å². The van der Waals surface area contributed by atoms with Crippen LogP contribution in [-0.4, -0.2) is 0 Å². The van der Waals surface area contributed by atoms with Gasteiger partial charge < -0.3 is 11.1 Å². The van der Waals surface area contributed by atoms with Gasteiger partial charge in [0.05, 0.1) is 22.6 Å². The van der Waals surface area contributed by atoms with Crippen molar-refractivity contribution in [1.82, 2.24) is 0 Å². The van der Waals surface area contributed by atoms with Crippen LogP contribution in [0.2, 0.25) is 0 Å².